The number of aromatic nitrogens is 1. The molecule has 3 aromatic rings. The van der Waals surface area contributed by atoms with Crippen LogP contribution in [-0.4, -0.2) is 17.0 Å². The summed E-state index contributed by atoms with van der Waals surface area (Å²) >= 11 is 4.86. The number of thiazole rings is 1. The molecule has 0 fully saturated rings. The number of rotatable bonds is 3. The molecule has 0 aliphatic carbocycles. The van der Waals surface area contributed by atoms with Gasteiger partial charge in [0.1, 0.15) is 13.3 Å². The highest BCUT2D eigenvalue weighted by Gasteiger charge is 2.16. The van der Waals surface area contributed by atoms with Gasteiger partial charge in [-0.25, -0.2) is 4.99 Å². The number of carbonyl (C=O) groups excluding carboxylic acids is 1. The van der Waals surface area contributed by atoms with Crippen molar-refractivity contribution in [3.8, 4) is 0 Å². The minimum atomic E-state index is -0.0382. The lowest BCUT2D eigenvalue weighted by atomic mass is 10.1. The maximum absolute atomic E-state index is 12.8. The fourth-order valence-corrected chi connectivity index (χ4v) is 4.31. The summed E-state index contributed by atoms with van der Waals surface area (Å²) < 4.78 is 3.33. The first-order valence-corrected chi connectivity index (χ1v) is 9.99. The molecule has 4 rings (SSSR count). The van der Waals surface area contributed by atoms with E-state index < -0.39 is 0 Å². The molecule has 0 unspecified atom stereocenters. The van der Waals surface area contributed by atoms with Crippen LogP contribution in [0.4, 0.5) is 5.69 Å². The molecule has 0 atom stereocenters. The fraction of sp³-hybridized carbons (Fsp3) is 0.150. The molecule has 1 aromatic heterocycles. The number of benzene rings is 2. The Hall–Kier alpha value is -2.51. The molecule has 136 valence electrons. The zero-order chi connectivity index (χ0) is 19.0. The molecule has 27 heavy (non-hydrogen) atoms. The van der Waals surface area contributed by atoms with E-state index in [4.69, 9.17) is 0 Å². The van der Waals surface area contributed by atoms with E-state index >= 15 is 0 Å². The molecule has 0 bridgehead atoms. The normalized spacial score (nSPS) is 14.0. The molecule has 1 aliphatic rings. The van der Waals surface area contributed by atoms with Crippen molar-refractivity contribution in [3.63, 3.8) is 0 Å². The maximum Gasteiger partial charge on any atom is 0.271 e. The van der Waals surface area contributed by atoms with Gasteiger partial charge in [0, 0.05) is 15.7 Å². The lowest BCUT2D eigenvalue weighted by Gasteiger charge is -2.25. The molecule has 0 spiro atoms. The molecule has 7 heteroatoms. The minimum absolute atomic E-state index is 0.0361. The van der Waals surface area contributed by atoms with Gasteiger partial charge in [-0.2, -0.15) is 0 Å². The molecule has 2 aromatic carbocycles. The molecule has 1 aliphatic heterocycles. The van der Waals surface area contributed by atoms with E-state index in [1.54, 1.807) is 23.6 Å². The number of nitrogens with zero attached hydrogens (tertiary/aromatic N) is 3. The van der Waals surface area contributed by atoms with Crippen molar-refractivity contribution in [2.75, 3.05) is 11.6 Å². The Morgan fingerprint density at radius 3 is 2.70 bits per heavy atom. The van der Waals surface area contributed by atoms with Crippen LogP contribution in [0.15, 0.2) is 62.8 Å². The van der Waals surface area contributed by atoms with Gasteiger partial charge in [0.25, 0.3) is 5.56 Å². The number of hydrogen-bond acceptors (Lipinski definition) is 5. The highest BCUT2D eigenvalue weighted by Crippen LogP contribution is 2.17. The molecular weight excluding hydrogens is 426 g/mol. The van der Waals surface area contributed by atoms with Gasteiger partial charge < -0.3 is 4.90 Å². The maximum atomic E-state index is 12.8. The monoisotopic (exact) mass is 441 g/mol. The van der Waals surface area contributed by atoms with Gasteiger partial charge in [0.05, 0.1) is 4.53 Å². The van der Waals surface area contributed by atoms with E-state index in [1.807, 2.05) is 47.4 Å². The Labute approximate surface area is 168 Å². The minimum Gasteiger partial charge on any atom is -0.334 e. The smallest absolute Gasteiger partial charge is 0.271 e. The lowest BCUT2D eigenvalue weighted by Crippen LogP contribution is -2.42. The molecule has 0 N–H and O–H groups in total. The van der Waals surface area contributed by atoms with Crippen LogP contribution in [0.1, 0.15) is 22.8 Å². The summed E-state index contributed by atoms with van der Waals surface area (Å²) in [6, 6.07) is 15.2. The van der Waals surface area contributed by atoms with Gasteiger partial charge in [-0.1, -0.05) is 39.4 Å². The number of Topliss-reactive ketones (excluding diaryl/α,β-unsaturated/α-hetero) is 1. The number of ketones is 1. The second-order valence-electron chi connectivity index (χ2n) is 6.27. The van der Waals surface area contributed by atoms with Gasteiger partial charge in [-0.15, -0.1) is 0 Å². The summed E-state index contributed by atoms with van der Waals surface area (Å²) in [7, 11) is 0. The quantitative estimate of drug-likeness (QED) is 0.587. The Morgan fingerprint density at radius 1 is 1.22 bits per heavy atom. The number of halogens is 1. The molecule has 0 radical (unpaired) electrons. The van der Waals surface area contributed by atoms with Gasteiger partial charge in [0.15, 0.2) is 10.6 Å². The lowest BCUT2D eigenvalue weighted by molar-refractivity contribution is 0.101. The number of anilines is 1. The van der Waals surface area contributed by atoms with Crippen LogP contribution in [0.2, 0.25) is 0 Å². The fourth-order valence-electron chi connectivity index (χ4n) is 2.93. The Balaban J connectivity index is 1.67. The summed E-state index contributed by atoms with van der Waals surface area (Å²) in [5.41, 5.74) is 2.54. The van der Waals surface area contributed by atoms with Crippen molar-refractivity contribution in [1.29, 1.82) is 0 Å². The highest BCUT2D eigenvalue weighted by molar-refractivity contribution is 9.10. The first-order chi connectivity index (χ1) is 13.0. The van der Waals surface area contributed by atoms with Gasteiger partial charge in [0.2, 0.25) is 0 Å². The summed E-state index contributed by atoms with van der Waals surface area (Å²) in [6.07, 6.45) is 1.89. The van der Waals surface area contributed by atoms with Crippen LogP contribution in [-0.2, 0) is 6.67 Å². The van der Waals surface area contributed by atoms with Crippen LogP contribution in [0.25, 0.3) is 6.08 Å². The Kier molecular flexibility index (Phi) is 4.80. The first kappa shape index (κ1) is 17.9. The van der Waals surface area contributed by atoms with Crippen LogP contribution in [0, 0.1) is 0 Å². The number of hydrogen-bond donors (Lipinski definition) is 0. The van der Waals surface area contributed by atoms with Crippen molar-refractivity contribution in [3.05, 3.63) is 83.8 Å². The van der Waals surface area contributed by atoms with Crippen molar-refractivity contribution in [2.24, 2.45) is 4.99 Å². The van der Waals surface area contributed by atoms with Crippen LogP contribution in [0.5, 0.6) is 0 Å². The average Bonchev–Trinajstić information content (AvgIpc) is 2.97. The molecular formula is C20H16BrN3O2S. The number of fused-ring (bicyclic) bond motifs is 1. The topological polar surface area (TPSA) is 54.7 Å². The molecule has 0 amide bonds. The largest absolute Gasteiger partial charge is 0.334 e. The van der Waals surface area contributed by atoms with E-state index in [0.717, 1.165) is 20.5 Å². The van der Waals surface area contributed by atoms with Crippen LogP contribution in [0.3, 0.4) is 0 Å². The number of carbonyl (C=O) groups is 1. The van der Waals surface area contributed by atoms with E-state index in [0.29, 0.717) is 23.4 Å². The van der Waals surface area contributed by atoms with Crippen LogP contribution < -0.4 is 19.8 Å². The Bertz CT molecular complexity index is 1200. The van der Waals surface area contributed by atoms with Crippen LogP contribution >= 0.6 is 27.3 Å². The third-order valence-electron chi connectivity index (χ3n) is 4.36. The zero-order valence-corrected chi connectivity index (χ0v) is 17.0. The first-order valence-electron chi connectivity index (χ1n) is 8.38. The van der Waals surface area contributed by atoms with E-state index in [1.165, 1.54) is 11.3 Å². The predicted molar refractivity (Wildman–Crippen MR) is 111 cm³/mol. The third kappa shape index (κ3) is 3.65. The van der Waals surface area contributed by atoms with E-state index in [2.05, 4.69) is 20.9 Å². The second-order valence-corrected chi connectivity index (χ2v) is 8.19. The SMILES string of the molecule is CC(=O)c1ccc(N2CN=c3sc(=Cc4cccc(Br)c4)c(=O)n3C2)cc1. The summed E-state index contributed by atoms with van der Waals surface area (Å²) in [4.78, 5) is 31.6. The predicted octanol–water partition coefficient (Wildman–Crippen LogP) is 2.76. The Morgan fingerprint density at radius 2 is 2.00 bits per heavy atom. The van der Waals surface area contributed by atoms with Crippen molar-refractivity contribution in [2.45, 2.75) is 13.6 Å². The van der Waals surface area contributed by atoms with Gasteiger partial charge in [-0.3, -0.25) is 14.2 Å². The second kappa shape index (κ2) is 7.25. The van der Waals surface area contributed by atoms with E-state index in [9.17, 15) is 9.59 Å². The molecule has 5 nitrogen and oxygen atoms in total. The molecule has 0 saturated heterocycles. The highest BCUT2D eigenvalue weighted by atomic mass is 79.9. The summed E-state index contributed by atoms with van der Waals surface area (Å²) in [5, 5.41) is 0. The molecule has 0 saturated carbocycles. The van der Waals surface area contributed by atoms with Gasteiger partial charge in [-0.05, 0) is 55.0 Å². The van der Waals surface area contributed by atoms with Crippen molar-refractivity contribution < 1.29 is 4.79 Å². The summed E-state index contributed by atoms with van der Waals surface area (Å²) in [6.45, 7) is 2.47. The average molecular weight is 442 g/mol. The van der Waals surface area contributed by atoms with E-state index in [-0.39, 0.29) is 11.3 Å². The standard InChI is InChI=1S/C20H16BrN3O2S/c1-13(25)15-5-7-17(8-6-15)23-11-22-20-24(12-23)19(26)18(27-20)10-14-3-2-4-16(21)9-14/h2-10H,11-12H2,1H3. The zero-order valence-electron chi connectivity index (χ0n) is 14.6. The van der Waals surface area contributed by atoms with Gasteiger partial charge >= 0.3 is 0 Å². The summed E-state index contributed by atoms with van der Waals surface area (Å²) in [5.74, 6) is 0.0361. The molecule has 2 heterocycles. The third-order valence-corrected chi connectivity index (χ3v) is 5.90. The van der Waals surface area contributed by atoms with Crippen molar-refractivity contribution >= 4 is 44.8 Å². The van der Waals surface area contributed by atoms with Crippen molar-refractivity contribution in [1.82, 2.24) is 4.57 Å².